The summed E-state index contributed by atoms with van der Waals surface area (Å²) in [5.41, 5.74) is 1.11. The van der Waals surface area contributed by atoms with Crippen molar-refractivity contribution in [2.75, 3.05) is 5.32 Å². The molecule has 0 fully saturated rings. The molecule has 7 nitrogen and oxygen atoms in total. The minimum atomic E-state index is -0.582. The van der Waals surface area contributed by atoms with Crippen LogP contribution in [0.25, 0.3) is 16.7 Å². The zero-order valence-corrected chi connectivity index (χ0v) is 15.1. The van der Waals surface area contributed by atoms with Crippen molar-refractivity contribution in [3.63, 3.8) is 0 Å². The van der Waals surface area contributed by atoms with E-state index in [0.717, 1.165) is 11.8 Å². The van der Waals surface area contributed by atoms with Gasteiger partial charge >= 0.3 is 0 Å². The van der Waals surface area contributed by atoms with E-state index >= 15 is 0 Å². The van der Waals surface area contributed by atoms with E-state index in [9.17, 15) is 14.0 Å². The molecule has 0 saturated heterocycles. The molecule has 9 heteroatoms. The normalized spacial score (nSPS) is 10.9. The highest BCUT2D eigenvalue weighted by atomic mass is 35.5. The second-order valence-corrected chi connectivity index (χ2v) is 6.39. The van der Waals surface area contributed by atoms with Crippen LogP contribution in [0.5, 0.6) is 0 Å². The second-order valence-electron chi connectivity index (χ2n) is 5.98. The lowest BCUT2D eigenvalue weighted by atomic mass is 10.3. The number of amides is 1. The van der Waals surface area contributed by atoms with Crippen molar-refractivity contribution in [1.82, 2.24) is 19.3 Å². The van der Waals surface area contributed by atoms with Gasteiger partial charge < -0.3 is 5.32 Å². The van der Waals surface area contributed by atoms with Crippen LogP contribution < -0.4 is 10.9 Å². The molecular formula is C19H13ClFN5O2. The van der Waals surface area contributed by atoms with Gasteiger partial charge in [-0.1, -0.05) is 29.8 Å². The third-order valence-corrected chi connectivity index (χ3v) is 4.36. The summed E-state index contributed by atoms with van der Waals surface area (Å²) in [4.78, 5) is 29.2. The summed E-state index contributed by atoms with van der Waals surface area (Å²) in [5, 5.41) is 6.98. The monoisotopic (exact) mass is 397 g/mol. The zero-order chi connectivity index (χ0) is 19.7. The maximum atomic E-state index is 13.2. The molecule has 0 radical (unpaired) electrons. The Morgan fingerprint density at radius 3 is 2.71 bits per heavy atom. The Balaban J connectivity index is 1.59. The van der Waals surface area contributed by atoms with E-state index in [4.69, 9.17) is 11.6 Å². The van der Waals surface area contributed by atoms with Crippen LogP contribution in [0.4, 0.5) is 10.1 Å². The number of fused-ring (bicyclic) bond motifs is 1. The van der Waals surface area contributed by atoms with E-state index in [1.807, 2.05) is 30.3 Å². The Kier molecular flexibility index (Phi) is 4.62. The van der Waals surface area contributed by atoms with Crippen molar-refractivity contribution >= 4 is 34.2 Å². The predicted octanol–water partition coefficient (Wildman–Crippen LogP) is 3.01. The first-order chi connectivity index (χ1) is 13.5. The Hall–Kier alpha value is -3.52. The Labute approximate surface area is 163 Å². The molecule has 4 aromatic rings. The summed E-state index contributed by atoms with van der Waals surface area (Å²) >= 11 is 5.70. The second kappa shape index (κ2) is 7.24. The number of hydrogen-bond acceptors (Lipinski definition) is 4. The first-order valence-corrected chi connectivity index (χ1v) is 8.64. The van der Waals surface area contributed by atoms with E-state index in [2.05, 4.69) is 15.4 Å². The van der Waals surface area contributed by atoms with Gasteiger partial charge in [0, 0.05) is 5.69 Å². The summed E-state index contributed by atoms with van der Waals surface area (Å²) in [7, 11) is 0. The van der Waals surface area contributed by atoms with Crippen molar-refractivity contribution < 1.29 is 9.18 Å². The molecule has 0 aliphatic rings. The van der Waals surface area contributed by atoms with Gasteiger partial charge in [0.2, 0.25) is 5.91 Å². The van der Waals surface area contributed by atoms with Gasteiger partial charge in [0.1, 0.15) is 24.1 Å². The highest BCUT2D eigenvalue weighted by Crippen LogP contribution is 2.19. The average Bonchev–Trinajstić information content (AvgIpc) is 3.12. The van der Waals surface area contributed by atoms with Gasteiger partial charge in [0.05, 0.1) is 16.9 Å². The van der Waals surface area contributed by atoms with Crippen molar-refractivity contribution in [3.05, 3.63) is 82.2 Å². The molecule has 0 unspecified atom stereocenters. The Morgan fingerprint density at radius 2 is 1.96 bits per heavy atom. The van der Waals surface area contributed by atoms with E-state index in [1.165, 1.54) is 29.2 Å². The third kappa shape index (κ3) is 3.37. The lowest BCUT2D eigenvalue weighted by Gasteiger charge is -2.08. The van der Waals surface area contributed by atoms with E-state index < -0.39 is 11.7 Å². The number of carbonyl (C=O) groups excluding carboxylic acids is 1. The number of hydrogen-bond donors (Lipinski definition) is 1. The van der Waals surface area contributed by atoms with Crippen LogP contribution in [0.3, 0.4) is 0 Å². The van der Waals surface area contributed by atoms with Gasteiger partial charge in [-0.3, -0.25) is 14.2 Å². The van der Waals surface area contributed by atoms with Crippen molar-refractivity contribution in [2.45, 2.75) is 6.54 Å². The van der Waals surface area contributed by atoms with Gasteiger partial charge in [0.15, 0.2) is 5.65 Å². The lowest BCUT2D eigenvalue weighted by molar-refractivity contribution is -0.116. The molecule has 2 aromatic carbocycles. The van der Waals surface area contributed by atoms with E-state index in [1.54, 1.807) is 4.68 Å². The topological polar surface area (TPSA) is 81.8 Å². The predicted molar refractivity (Wildman–Crippen MR) is 103 cm³/mol. The molecule has 140 valence electrons. The quantitative estimate of drug-likeness (QED) is 0.574. The van der Waals surface area contributed by atoms with Crippen LogP contribution in [0, 0.1) is 5.82 Å². The SMILES string of the molecule is O=C(Cn1cnc2c(cnn2-c2ccccc2)c1=O)Nc1ccc(F)c(Cl)c1. The fourth-order valence-electron chi connectivity index (χ4n) is 2.75. The first kappa shape index (κ1) is 17.9. The number of aromatic nitrogens is 4. The molecule has 1 N–H and O–H groups in total. The molecule has 4 rings (SSSR count). The van der Waals surface area contributed by atoms with Crippen LogP contribution in [0.2, 0.25) is 5.02 Å². The summed E-state index contributed by atoms with van der Waals surface area (Å²) in [6.45, 7) is -0.257. The molecular weight excluding hydrogens is 385 g/mol. The average molecular weight is 398 g/mol. The molecule has 0 bridgehead atoms. The fourth-order valence-corrected chi connectivity index (χ4v) is 2.93. The van der Waals surface area contributed by atoms with E-state index in [-0.39, 0.29) is 17.1 Å². The third-order valence-electron chi connectivity index (χ3n) is 4.07. The number of nitrogens with zero attached hydrogens (tertiary/aromatic N) is 4. The molecule has 0 aliphatic carbocycles. The molecule has 2 aromatic heterocycles. The number of halogens is 2. The molecule has 0 saturated carbocycles. The van der Waals surface area contributed by atoms with Gasteiger partial charge in [0.25, 0.3) is 5.56 Å². The Bertz CT molecular complexity index is 1240. The van der Waals surface area contributed by atoms with Crippen molar-refractivity contribution in [3.8, 4) is 5.69 Å². The molecule has 28 heavy (non-hydrogen) atoms. The number of rotatable bonds is 4. The van der Waals surface area contributed by atoms with Crippen LogP contribution >= 0.6 is 11.6 Å². The minimum absolute atomic E-state index is 0.105. The largest absolute Gasteiger partial charge is 0.324 e. The zero-order valence-electron chi connectivity index (χ0n) is 14.3. The minimum Gasteiger partial charge on any atom is -0.324 e. The standard InChI is InChI=1S/C19H13ClFN5O2/c20-15-8-12(6-7-16(15)21)24-17(27)10-25-11-22-18-14(19(25)28)9-23-26(18)13-4-2-1-3-5-13/h1-9,11H,10H2,(H,24,27). The van der Waals surface area contributed by atoms with Crippen molar-refractivity contribution in [1.29, 1.82) is 0 Å². The van der Waals surface area contributed by atoms with Gasteiger partial charge in [-0.2, -0.15) is 5.10 Å². The number of benzene rings is 2. The fraction of sp³-hybridized carbons (Fsp3) is 0.0526. The number of anilines is 1. The maximum absolute atomic E-state index is 13.2. The first-order valence-electron chi connectivity index (χ1n) is 8.26. The summed E-state index contributed by atoms with van der Waals surface area (Å²) in [5.74, 6) is -1.05. The summed E-state index contributed by atoms with van der Waals surface area (Å²) in [6, 6.07) is 13.1. The van der Waals surface area contributed by atoms with Gasteiger partial charge in [-0.15, -0.1) is 0 Å². The highest BCUT2D eigenvalue weighted by Gasteiger charge is 2.13. The molecule has 0 spiro atoms. The number of carbonyl (C=O) groups is 1. The van der Waals surface area contributed by atoms with Crippen LogP contribution in [0.1, 0.15) is 0 Å². The van der Waals surface area contributed by atoms with E-state index in [0.29, 0.717) is 16.7 Å². The summed E-state index contributed by atoms with van der Waals surface area (Å²) in [6.07, 6.45) is 2.72. The molecule has 1 amide bonds. The molecule has 2 heterocycles. The molecule has 0 aliphatic heterocycles. The smallest absolute Gasteiger partial charge is 0.264 e. The number of para-hydroxylation sites is 1. The van der Waals surface area contributed by atoms with Crippen molar-refractivity contribution in [2.24, 2.45) is 0 Å². The van der Waals surface area contributed by atoms with Crippen LogP contribution in [-0.4, -0.2) is 25.2 Å². The number of nitrogens with one attached hydrogen (secondary N) is 1. The van der Waals surface area contributed by atoms with Crippen LogP contribution in [-0.2, 0) is 11.3 Å². The lowest BCUT2D eigenvalue weighted by Crippen LogP contribution is -2.27. The van der Waals surface area contributed by atoms with Gasteiger partial charge in [-0.25, -0.2) is 14.1 Å². The Morgan fingerprint density at radius 1 is 1.18 bits per heavy atom. The molecule has 0 atom stereocenters. The van der Waals surface area contributed by atoms with Crippen LogP contribution in [0.15, 0.2) is 65.8 Å². The highest BCUT2D eigenvalue weighted by molar-refractivity contribution is 6.31. The summed E-state index contributed by atoms with van der Waals surface area (Å²) < 4.78 is 15.9. The van der Waals surface area contributed by atoms with Gasteiger partial charge in [-0.05, 0) is 30.3 Å². The maximum Gasteiger partial charge on any atom is 0.264 e.